The normalized spacial score (nSPS) is 10.1. The Balaban J connectivity index is 2.40. The molecule has 0 aliphatic rings. The summed E-state index contributed by atoms with van der Waals surface area (Å²) in [4.78, 5) is 35.8. The number of carbonyl (C=O) groups excluding carboxylic acids is 3. The van der Waals surface area contributed by atoms with Gasteiger partial charge in [0.2, 0.25) is 0 Å². The smallest absolute Gasteiger partial charge is 0.345 e. The zero-order valence-corrected chi connectivity index (χ0v) is 15.5. The van der Waals surface area contributed by atoms with Gasteiger partial charge in [-0.15, -0.1) is 0 Å². The number of esters is 3. The predicted molar refractivity (Wildman–Crippen MR) is 93.2 cm³/mol. The largest absolute Gasteiger partial charge is 0.465 e. The number of ether oxygens (including phenoxy) is 3. The number of carbonyl (C=O) groups is 3. The van der Waals surface area contributed by atoms with Crippen molar-refractivity contribution in [3.8, 4) is 5.75 Å². The van der Waals surface area contributed by atoms with E-state index in [-0.39, 0.29) is 27.5 Å². The molecule has 2 rings (SSSR count). The van der Waals surface area contributed by atoms with Crippen LogP contribution in [0.2, 0.25) is 5.02 Å². The van der Waals surface area contributed by atoms with Crippen LogP contribution in [0.5, 0.6) is 5.75 Å². The lowest BCUT2D eigenvalue weighted by Gasteiger charge is -2.09. The van der Waals surface area contributed by atoms with Gasteiger partial charge in [0.25, 0.3) is 0 Å². The van der Waals surface area contributed by atoms with E-state index in [0.717, 1.165) is 0 Å². The van der Waals surface area contributed by atoms with Gasteiger partial charge in [-0.25, -0.2) is 14.4 Å². The zero-order chi connectivity index (χ0) is 18.6. The number of halogens is 2. The fourth-order valence-corrected chi connectivity index (χ4v) is 2.50. The Morgan fingerprint density at radius 1 is 0.880 bits per heavy atom. The first-order valence-electron chi connectivity index (χ1n) is 6.84. The molecule has 0 heterocycles. The summed E-state index contributed by atoms with van der Waals surface area (Å²) in [5.74, 6) is -2.15. The Kier molecular flexibility index (Phi) is 6.17. The summed E-state index contributed by atoms with van der Waals surface area (Å²) in [5, 5.41) is 0.200. The van der Waals surface area contributed by atoms with Crippen LogP contribution in [0.1, 0.15) is 31.1 Å². The summed E-state index contributed by atoms with van der Waals surface area (Å²) in [7, 11) is 2.39. The summed E-state index contributed by atoms with van der Waals surface area (Å²) in [5.41, 5.74) is 0.196. The lowest BCUT2D eigenvalue weighted by atomic mass is 10.1. The molecule has 0 N–H and O–H groups in total. The maximum Gasteiger partial charge on any atom is 0.345 e. The number of hydrogen-bond donors (Lipinski definition) is 0. The van der Waals surface area contributed by atoms with Crippen LogP contribution in [-0.4, -0.2) is 32.1 Å². The maximum absolute atomic E-state index is 12.3. The second-order valence-corrected chi connectivity index (χ2v) is 6.07. The van der Waals surface area contributed by atoms with Crippen molar-refractivity contribution >= 4 is 45.4 Å². The zero-order valence-electron chi connectivity index (χ0n) is 13.2. The average Bonchev–Trinajstić information content (AvgIpc) is 2.61. The Morgan fingerprint density at radius 2 is 1.44 bits per heavy atom. The fraction of sp³-hybridized carbons (Fsp3) is 0.118. The number of benzene rings is 2. The van der Waals surface area contributed by atoms with Crippen LogP contribution >= 0.6 is 27.5 Å². The van der Waals surface area contributed by atoms with Crippen molar-refractivity contribution in [2.24, 2.45) is 0 Å². The molecule has 0 spiro atoms. The molecular formula is C17H12BrClO6. The first kappa shape index (κ1) is 19.0. The van der Waals surface area contributed by atoms with Gasteiger partial charge in [0.1, 0.15) is 5.75 Å². The highest BCUT2D eigenvalue weighted by molar-refractivity contribution is 9.10. The van der Waals surface area contributed by atoms with Crippen LogP contribution in [0.25, 0.3) is 0 Å². The van der Waals surface area contributed by atoms with E-state index >= 15 is 0 Å². The third kappa shape index (κ3) is 4.58. The van der Waals surface area contributed by atoms with Gasteiger partial charge < -0.3 is 14.2 Å². The molecule has 0 bridgehead atoms. The molecule has 2 aromatic carbocycles. The number of rotatable bonds is 4. The first-order valence-corrected chi connectivity index (χ1v) is 8.01. The van der Waals surface area contributed by atoms with Crippen molar-refractivity contribution in [3.63, 3.8) is 0 Å². The van der Waals surface area contributed by atoms with Crippen molar-refractivity contribution in [1.29, 1.82) is 0 Å². The highest BCUT2D eigenvalue weighted by Gasteiger charge is 2.18. The van der Waals surface area contributed by atoms with Crippen LogP contribution in [0.3, 0.4) is 0 Å². The van der Waals surface area contributed by atoms with E-state index in [1.807, 2.05) is 0 Å². The predicted octanol–water partition coefficient (Wildman–Crippen LogP) is 3.89. The molecule has 0 aromatic heterocycles. The molecular weight excluding hydrogens is 416 g/mol. The molecule has 130 valence electrons. The van der Waals surface area contributed by atoms with Gasteiger partial charge in [0.15, 0.2) is 0 Å². The van der Waals surface area contributed by atoms with Crippen molar-refractivity contribution in [3.05, 3.63) is 62.6 Å². The minimum absolute atomic E-state index is 0.0238. The third-order valence-corrected chi connectivity index (χ3v) is 3.93. The Labute approximate surface area is 156 Å². The molecule has 25 heavy (non-hydrogen) atoms. The second kappa shape index (κ2) is 8.13. The Bertz CT molecular complexity index is 815. The van der Waals surface area contributed by atoms with E-state index < -0.39 is 17.9 Å². The van der Waals surface area contributed by atoms with Gasteiger partial charge in [0, 0.05) is 4.47 Å². The van der Waals surface area contributed by atoms with Gasteiger partial charge in [-0.3, -0.25) is 0 Å². The molecule has 0 fully saturated rings. The Hall–Kier alpha value is -2.38. The van der Waals surface area contributed by atoms with Gasteiger partial charge >= 0.3 is 17.9 Å². The second-order valence-electron chi connectivity index (χ2n) is 4.74. The topological polar surface area (TPSA) is 78.9 Å². The van der Waals surface area contributed by atoms with Gasteiger partial charge in [0.05, 0.1) is 35.9 Å². The molecule has 2 aromatic rings. The van der Waals surface area contributed by atoms with Gasteiger partial charge in [-0.05, 0) is 36.4 Å². The van der Waals surface area contributed by atoms with Crippen molar-refractivity contribution in [1.82, 2.24) is 0 Å². The minimum Gasteiger partial charge on any atom is -0.465 e. The van der Waals surface area contributed by atoms with Crippen LogP contribution < -0.4 is 4.74 Å². The number of methoxy groups -OCH3 is 2. The van der Waals surface area contributed by atoms with Crippen LogP contribution in [0, 0.1) is 0 Å². The van der Waals surface area contributed by atoms with E-state index in [4.69, 9.17) is 16.3 Å². The van der Waals surface area contributed by atoms with Crippen molar-refractivity contribution in [2.45, 2.75) is 0 Å². The summed E-state index contributed by atoms with van der Waals surface area (Å²) in [6.07, 6.45) is 0. The molecule has 0 amide bonds. The SMILES string of the molecule is COC(=O)c1cc(OC(=O)c2cc(Br)ccc2Cl)cc(C(=O)OC)c1. The van der Waals surface area contributed by atoms with Crippen LogP contribution in [0.15, 0.2) is 40.9 Å². The lowest BCUT2D eigenvalue weighted by molar-refractivity contribution is 0.0593. The molecule has 0 atom stereocenters. The molecule has 0 aliphatic carbocycles. The van der Waals surface area contributed by atoms with E-state index in [1.54, 1.807) is 6.07 Å². The maximum atomic E-state index is 12.3. The van der Waals surface area contributed by atoms with E-state index in [0.29, 0.717) is 4.47 Å². The molecule has 0 saturated carbocycles. The highest BCUT2D eigenvalue weighted by atomic mass is 79.9. The Morgan fingerprint density at radius 3 is 1.96 bits per heavy atom. The van der Waals surface area contributed by atoms with Gasteiger partial charge in [-0.2, -0.15) is 0 Å². The quantitative estimate of drug-likeness (QED) is 0.544. The standard InChI is InChI=1S/C17H12BrClO6/c1-23-15(20)9-5-10(16(21)24-2)7-12(6-9)25-17(22)13-8-11(18)3-4-14(13)19/h3-8H,1-2H3. The summed E-state index contributed by atoms with van der Waals surface area (Å²) in [6, 6.07) is 8.54. The molecule has 0 aliphatic heterocycles. The van der Waals surface area contributed by atoms with E-state index in [2.05, 4.69) is 25.4 Å². The average molecular weight is 428 g/mol. The van der Waals surface area contributed by atoms with Crippen LogP contribution in [-0.2, 0) is 9.47 Å². The summed E-state index contributed by atoms with van der Waals surface area (Å²) >= 11 is 9.24. The molecule has 0 saturated heterocycles. The van der Waals surface area contributed by atoms with Crippen molar-refractivity contribution < 1.29 is 28.6 Å². The highest BCUT2D eigenvalue weighted by Crippen LogP contribution is 2.24. The van der Waals surface area contributed by atoms with E-state index in [9.17, 15) is 14.4 Å². The lowest BCUT2D eigenvalue weighted by Crippen LogP contribution is -2.12. The van der Waals surface area contributed by atoms with Crippen molar-refractivity contribution in [2.75, 3.05) is 14.2 Å². The molecule has 6 nitrogen and oxygen atoms in total. The van der Waals surface area contributed by atoms with Gasteiger partial charge in [-0.1, -0.05) is 27.5 Å². The van der Waals surface area contributed by atoms with E-state index in [1.165, 1.54) is 44.6 Å². The molecule has 8 heteroatoms. The number of hydrogen-bond acceptors (Lipinski definition) is 6. The summed E-state index contributed by atoms with van der Waals surface area (Å²) in [6.45, 7) is 0. The molecule has 0 radical (unpaired) electrons. The monoisotopic (exact) mass is 426 g/mol. The third-order valence-electron chi connectivity index (χ3n) is 3.11. The minimum atomic E-state index is -0.746. The first-order chi connectivity index (χ1) is 11.8. The summed E-state index contributed by atoms with van der Waals surface area (Å²) < 4.78 is 15.1. The van der Waals surface area contributed by atoms with Crippen LogP contribution in [0.4, 0.5) is 0 Å². The molecule has 0 unspecified atom stereocenters. The fourth-order valence-electron chi connectivity index (χ4n) is 1.95.